The summed E-state index contributed by atoms with van der Waals surface area (Å²) in [5, 5.41) is 4.18. The van der Waals surface area contributed by atoms with Gasteiger partial charge in [0, 0.05) is 19.7 Å². The minimum absolute atomic E-state index is 0.0114. The first-order chi connectivity index (χ1) is 11.6. The molecule has 2 aromatic carbocycles. The molecular weight excluding hydrogens is 366 g/mol. The van der Waals surface area contributed by atoms with Crippen molar-refractivity contribution in [2.45, 2.75) is 6.54 Å². The van der Waals surface area contributed by atoms with Gasteiger partial charge in [0.1, 0.15) is 0 Å². The van der Waals surface area contributed by atoms with Gasteiger partial charge < -0.3 is 4.90 Å². The fourth-order valence-corrected chi connectivity index (χ4v) is 3.04. The third-order valence-electron chi connectivity index (χ3n) is 3.98. The van der Waals surface area contributed by atoms with Crippen molar-refractivity contribution in [1.29, 1.82) is 0 Å². The lowest BCUT2D eigenvalue weighted by Gasteiger charge is -2.18. The number of nitrogens with zero attached hydrogens (tertiary/aromatic N) is 3. The van der Waals surface area contributed by atoms with E-state index in [9.17, 15) is 4.79 Å². The van der Waals surface area contributed by atoms with Crippen molar-refractivity contribution in [3.05, 3.63) is 76.5 Å². The molecule has 0 aliphatic heterocycles. The third-order valence-corrected chi connectivity index (χ3v) is 4.65. The highest BCUT2D eigenvalue weighted by atomic mass is 79.9. The van der Waals surface area contributed by atoms with Crippen LogP contribution in [-0.2, 0) is 13.6 Å². The van der Waals surface area contributed by atoms with Crippen molar-refractivity contribution < 1.29 is 4.79 Å². The monoisotopic (exact) mass is 383 g/mol. The molecule has 0 aliphatic carbocycles. The predicted molar refractivity (Wildman–Crippen MR) is 98.6 cm³/mol. The van der Waals surface area contributed by atoms with Crippen molar-refractivity contribution >= 4 is 21.8 Å². The number of hydrogen-bond donors (Lipinski definition) is 0. The van der Waals surface area contributed by atoms with Crippen LogP contribution in [0.15, 0.2) is 65.3 Å². The Morgan fingerprint density at radius 1 is 1.08 bits per heavy atom. The molecule has 3 rings (SSSR count). The Hall–Kier alpha value is -2.40. The summed E-state index contributed by atoms with van der Waals surface area (Å²) in [4.78, 5) is 14.3. The van der Waals surface area contributed by atoms with Gasteiger partial charge >= 0.3 is 0 Å². The van der Waals surface area contributed by atoms with Gasteiger partial charge in [0.15, 0.2) is 0 Å². The Morgan fingerprint density at radius 2 is 1.71 bits per heavy atom. The van der Waals surface area contributed by atoms with Gasteiger partial charge in [-0.05, 0) is 39.2 Å². The molecule has 0 aliphatic rings. The molecule has 5 heteroatoms. The van der Waals surface area contributed by atoms with E-state index < -0.39 is 0 Å². The summed E-state index contributed by atoms with van der Waals surface area (Å²) in [6, 6.07) is 17.8. The quantitative estimate of drug-likeness (QED) is 0.679. The topological polar surface area (TPSA) is 38.1 Å². The van der Waals surface area contributed by atoms with Gasteiger partial charge in [-0.3, -0.25) is 9.48 Å². The van der Waals surface area contributed by atoms with Crippen LogP contribution in [0.25, 0.3) is 11.1 Å². The van der Waals surface area contributed by atoms with Crippen LogP contribution < -0.4 is 0 Å². The van der Waals surface area contributed by atoms with E-state index in [1.165, 1.54) is 0 Å². The maximum absolute atomic E-state index is 12.6. The summed E-state index contributed by atoms with van der Waals surface area (Å²) in [6.45, 7) is 0.496. The summed E-state index contributed by atoms with van der Waals surface area (Å²) in [5.41, 5.74) is 3.88. The Balaban J connectivity index is 1.75. The van der Waals surface area contributed by atoms with Crippen molar-refractivity contribution in [2.24, 2.45) is 7.05 Å². The second-order valence-corrected chi connectivity index (χ2v) is 6.52. The molecule has 1 heterocycles. The first-order valence-electron chi connectivity index (χ1n) is 7.63. The van der Waals surface area contributed by atoms with Crippen LogP contribution in [0.4, 0.5) is 0 Å². The molecule has 122 valence electrons. The lowest BCUT2D eigenvalue weighted by Crippen LogP contribution is -2.27. The number of halogens is 1. The predicted octanol–water partition coefficient (Wildman–Crippen LogP) is 4.12. The van der Waals surface area contributed by atoms with Crippen molar-refractivity contribution in [3.63, 3.8) is 0 Å². The second kappa shape index (κ2) is 7.01. The fraction of sp³-hybridized carbons (Fsp3) is 0.158. The summed E-state index contributed by atoms with van der Waals surface area (Å²) in [6.07, 6.45) is 1.74. The van der Waals surface area contributed by atoms with E-state index in [-0.39, 0.29) is 5.91 Å². The van der Waals surface area contributed by atoms with Crippen LogP contribution in [0.3, 0.4) is 0 Å². The minimum atomic E-state index is -0.0114. The standard InChI is InChI=1S/C19H18BrN3O/c1-22(13-18-17(20)12-21-23(18)2)19(24)16-10-8-15(9-11-16)14-6-4-3-5-7-14/h3-12H,13H2,1-2H3. The zero-order chi connectivity index (χ0) is 17.1. The number of rotatable bonds is 4. The van der Waals surface area contributed by atoms with Gasteiger partial charge in [0.2, 0.25) is 0 Å². The average molecular weight is 384 g/mol. The maximum Gasteiger partial charge on any atom is 0.253 e. The lowest BCUT2D eigenvalue weighted by molar-refractivity contribution is 0.0781. The first-order valence-corrected chi connectivity index (χ1v) is 8.43. The Bertz CT molecular complexity index is 821. The molecule has 1 aromatic heterocycles. The van der Waals surface area contributed by atoms with Gasteiger partial charge in [-0.1, -0.05) is 42.5 Å². The highest BCUT2D eigenvalue weighted by Crippen LogP contribution is 2.21. The number of benzene rings is 2. The van der Waals surface area contributed by atoms with Crippen molar-refractivity contribution in [3.8, 4) is 11.1 Å². The molecule has 0 radical (unpaired) electrons. The van der Waals surface area contributed by atoms with Crippen LogP contribution in [0.2, 0.25) is 0 Å². The van der Waals surface area contributed by atoms with Gasteiger partial charge in [-0.15, -0.1) is 0 Å². The Morgan fingerprint density at radius 3 is 2.29 bits per heavy atom. The van der Waals surface area contributed by atoms with Crippen molar-refractivity contribution in [2.75, 3.05) is 7.05 Å². The Kier molecular flexibility index (Phi) is 4.81. The molecule has 0 spiro atoms. The van der Waals surface area contributed by atoms with E-state index in [1.807, 2.05) is 49.5 Å². The third kappa shape index (κ3) is 3.41. The molecule has 24 heavy (non-hydrogen) atoms. The molecular formula is C19H18BrN3O. The highest BCUT2D eigenvalue weighted by Gasteiger charge is 2.15. The van der Waals surface area contributed by atoms with Gasteiger partial charge in [-0.2, -0.15) is 5.10 Å². The molecule has 0 N–H and O–H groups in total. The molecule has 0 atom stereocenters. The number of hydrogen-bond acceptors (Lipinski definition) is 2. The number of amides is 1. The van der Waals surface area contributed by atoms with Crippen LogP contribution in [0.1, 0.15) is 16.1 Å². The van der Waals surface area contributed by atoms with Gasteiger partial charge in [0.05, 0.1) is 22.9 Å². The van der Waals surface area contributed by atoms with E-state index >= 15 is 0 Å². The van der Waals surface area contributed by atoms with Crippen LogP contribution in [-0.4, -0.2) is 27.6 Å². The van der Waals surface area contributed by atoms with E-state index in [4.69, 9.17) is 0 Å². The maximum atomic E-state index is 12.6. The van der Waals surface area contributed by atoms with Crippen LogP contribution in [0.5, 0.6) is 0 Å². The summed E-state index contributed by atoms with van der Waals surface area (Å²) >= 11 is 3.47. The lowest BCUT2D eigenvalue weighted by atomic mass is 10.0. The van der Waals surface area contributed by atoms with Gasteiger partial charge in [0.25, 0.3) is 5.91 Å². The van der Waals surface area contributed by atoms with E-state index in [1.54, 1.807) is 22.8 Å². The number of aryl methyl sites for hydroxylation is 1. The summed E-state index contributed by atoms with van der Waals surface area (Å²) < 4.78 is 2.68. The summed E-state index contributed by atoms with van der Waals surface area (Å²) in [5.74, 6) is -0.0114. The average Bonchev–Trinajstić information content (AvgIpc) is 2.94. The zero-order valence-corrected chi connectivity index (χ0v) is 15.2. The molecule has 0 fully saturated rings. The van der Waals surface area contributed by atoms with Gasteiger partial charge in [-0.25, -0.2) is 0 Å². The normalized spacial score (nSPS) is 10.6. The number of aromatic nitrogens is 2. The number of carbonyl (C=O) groups excluding carboxylic acids is 1. The molecule has 0 bridgehead atoms. The molecule has 0 saturated heterocycles. The minimum Gasteiger partial charge on any atom is -0.336 e. The number of carbonyl (C=O) groups is 1. The van der Waals surface area contributed by atoms with E-state index in [0.29, 0.717) is 12.1 Å². The SMILES string of the molecule is CN(Cc1c(Br)cnn1C)C(=O)c1ccc(-c2ccccc2)cc1. The first kappa shape index (κ1) is 16.5. The van der Waals surface area contributed by atoms with Crippen LogP contribution >= 0.6 is 15.9 Å². The van der Waals surface area contributed by atoms with Crippen molar-refractivity contribution in [1.82, 2.24) is 14.7 Å². The largest absolute Gasteiger partial charge is 0.336 e. The highest BCUT2D eigenvalue weighted by molar-refractivity contribution is 9.10. The summed E-state index contributed by atoms with van der Waals surface area (Å²) in [7, 11) is 3.67. The molecule has 0 unspecified atom stereocenters. The Labute approximate surface area is 149 Å². The molecule has 4 nitrogen and oxygen atoms in total. The fourth-order valence-electron chi connectivity index (χ4n) is 2.57. The molecule has 1 amide bonds. The van der Waals surface area contributed by atoms with E-state index in [0.717, 1.165) is 21.3 Å². The van der Waals surface area contributed by atoms with E-state index in [2.05, 4.69) is 33.2 Å². The zero-order valence-electron chi connectivity index (χ0n) is 13.6. The second-order valence-electron chi connectivity index (χ2n) is 5.67. The smallest absolute Gasteiger partial charge is 0.253 e. The molecule has 3 aromatic rings. The van der Waals surface area contributed by atoms with Crippen LogP contribution in [0, 0.1) is 0 Å². The molecule has 0 saturated carbocycles.